The molecule has 6 heteroatoms. The highest BCUT2D eigenvalue weighted by Crippen LogP contribution is 2.27. The largest absolute Gasteiger partial charge is 0.323 e. The lowest BCUT2D eigenvalue weighted by atomic mass is 9.89. The Hall–Kier alpha value is -0.170. The minimum absolute atomic E-state index is 0.175. The molecule has 5 nitrogen and oxygen atoms in total. The second-order valence-corrected chi connectivity index (χ2v) is 6.48. The van der Waals surface area contributed by atoms with Gasteiger partial charge in [-0.2, -0.15) is 17.4 Å². The van der Waals surface area contributed by atoms with Gasteiger partial charge in [0, 0.05) is 24.7 Å². The van der Waals surface area contributed by atoms with Gasteiger partial charge in [0.1, 0.15) is 0 Å². The summed E-state index contributed by atoms with van der Waals surface area (Å²) >= 11 is 0. The molecule has 88 valence electrons. The van der Waals surface area contributed by atoms with Gasteiger partial charge in [-0.25, -0.2) is 0 Å². The molecule has 0 atom stereocenters. The minimum Gasteiger partial charge on any atom is -0.323 e. The summed E-state index contributed by atoms with van der Waals surface area (Å²) in [6.07, 6.45) is 3.83. The number of rotatable bonds is 5. The molecule has 2 fully saturated rings. The van der Waals surface area contributed by atoms with Gasteiger partial charge in [-0.3, -0.25) is 0 Å². The van der Waals surface area contributed by atoms with E-state index in [0.717, 1.165) is 25.7 Å². The van der Waals surface area contributed by atoms with Gasteiger partial charge in [-0.05, 0) is 19.3 Å². The van der Waals surface area contributed by atoms with E-state index in [1.54, 1.807) is 0 Å². The number of hydrogen-bond donors (Lipinski definition) is 2. The van der Waals surface area contributed by atoms with E-state index in [4.69, 9.17) is 5.73 Å². The van der Waals surface area contributed by atoms with Crippen LogP contribution in [0, 0.1) is 0 Å². The Bertz CT molecular complexity index is 331. The smallest absolute Gasteiger partial charge is 0.279 e. The zero-order valence-electron chi connectivity index (χ0n) is 9.07. The molecule has 1 heterocycles. The average Bonchev–Trinajstić information content (AvgIpc) is 2.83. The summed E-state index contributed by atoms with van der Waals surface area (Å²) in [5.41, 5.74) is 5.73. The van der Waals surface area contributed by atoms with Crippen molar-refractivity contribution < 1.29 is 8.42 Å². The quantitative estimate of drug-likeness (QED) is 0.690. The first-order valence-electron chi connectivity index (χ1n) is 5.51. The number of nitrogens with zero attached hydrogens (tertiary/aromatic N) is 1. The second-order valence-electron chi connectivity index (χ2n) is 4.78. The highest BCUT2D eigenvalue weighted by Gasteiger charge is 2.45. The fraction of sp³-hybridized carbons (Fsp3) is 1.00. The van der Waals surface area contributed by atoms with Crippen LogP contribution in [0.25, 0.3) is 0 Å². The molecule has 1 aliphatic carbocycles. The normalized spacial score (nSPS) is 26.3. The molecule has 3 N–H and O–H groups in total. The van der Waals surface area contributed by atoms with Crippen LogP contribution in [0.5, 0.6) is 0 Å². The van der Waals surface area contributed by atoms with Gasteiger partial charge < -0.3 is 5.73 Å². The molecule has 0 unspecified atom stereocenters. The van der Waals surface area contributed by atoms with Crippen LogP contribution in [0.1, 0.15) is 32.6 Å². The van der Waals surface area contributed by atoms with E-state index in [0.29, 0.717) is 13.1 Å². The monoisotopic (exact) mass is 233 g/mol. The Balaban J connectivity index is 1.87. The molecular weight excluding hydrogens is 214 g/mol. The number of nitrogens with two attached hydrogens (primary N) is 1. The summed E-state index contributed by atoms with van der Waals surface area (Å²) in [7, 11) is -3.25. The van der Waals surface area contributed by atoms with Crippen LogP contribution in [-0.2, 0) is 10.2 Å². The lowest BCUT2D eigenvalue weighted by molar-refractivity contribution is 0.145. The third-order valence-corrected chi connectivity index (χ3v) is 4.53. The number of nitrogens with one attached hydrogen (secondary N) is 1. The first kappa shape index (κ1) is 11.3. The van der Waals surface area contributed by atoms with E-state index >= 15 is 0 Å². The highest BCUT2D eigenvalue weighted by molar-refractivity contribution is 7.87. The van der Waals surface area contributed by atoms with E-state index in [9.17, 15) is 8.42 Å². The van der Waals surface area contributed by atoms with Gasteiger partial charge in [-0.15, -0.1) is 0 Å². The predicted molar refractivity (Wildman–Crippen MR) is 58.5 cm³/mol. The molecule has 0 spiro atoms. The third-order valence-electron chi connectivity index (χ3n) is 2.96. The van der Waals surface area contributed by atoms with E-state index in [-0.39, 0.29) is 11.6 Å². The molecule has 15 heavy (non-hydrogen) atoms. The molecule has 0 aromatic rings. The molecule has 0 bridgehead atoms. The summed E-state index contributed by atoms with van der Waals surface area (Å²) in [6.45, 7) is 2.99. The van der Waals surface area contributed by atoms with Crippen LogP contribution >= 0.6 is 0 Å². The standard InChI is InChI=1S/C9H19N3O2S/c1-2-5-9(10)6-12(7-9)15(13,14)11-8-3-4-8/h8,11H,2-7,10H2,1H3. The maximum atomic E-state index is 11.7. The third kappa shape index (κ3) is 2.50. The highest BCUT2D eigenvalue weighted by atomic mass is 32.2. The maximum absolute atomic E-state index is 11.7. The van der Waals surface area contributed by atoms with Crippen LogP contribution in [0.4, 0.5) is 0 Å². The molecule has 1 aliphatic heterocycles. The lowest BCUT2D eigenvalue weighted by Gasteiger charge is -2.46. The Morgan fingerprint density at radius 2 is 2.07 bits per heavy atom. The van der Waals surface area contributed by atoms with Crippen LogP contribution in [0.15, 0.2) is 0 Å². The van der Waals surface area contributed by atoms with E-state index < -0.39 is 10.2 Å². The second kappa shape index (κ2) is 3.69. The summed E-state index contributed by atoms with van der Waals surface area (Å²) in [6, 6.07) is 0.175. The first-order chi connectivity index (χ1) is 6.95. The fourth-order valence-electron chi connectivity index (χ4n) is 1.97. The Kier molecular flexibility index (Phi) is 2.79. The molecule has 1 saturated heterocycles. The van der Waals surface area contributed by atoms with E-state index in [2.05, 4.69) is 11.6 Å². The predicted octanol–water partition coefficient (Wildman–Crippen LogP) is -0.204. The molecule has 1 saturated carbocycles. The lowest BCUT2D eigenvalue weighted by Crippen LogP contribution is -2.69. The maximum Gasteiger partial charge on any atom is 0.279 e. The van der Waals surface area contributed by atoms with Gasteiger partial charge in [0.2, 0.25) is 0 Å². The van der Waals surface area contributed by atoms with E-state index in [1.807, 2.05) is 0 Å². The van der Waals surface area contributed by atoms with Crippen molar-refractivity contribution in [3.05, 3.63) is 0 Å². The van der Waals surface area contributed by atoms with Crippen molar-refractivity contribution in [2.75, 3.05) is 13.1 Å². The summed E-state index contributed by atoms with van der Waals surface area (Å²) < 4.78 is 27.5. The van der Waals surface area contributed by atoms with Gasteiger partial charge in [-0.1, -0.05) is 13.3 Å². The van der Waals surface area contributed by atoms with Crippen molar-refractivity contribution in [3.8, 4) is 0 Å². The van der Waals surface area contributed by atoms with Crippen molar-refractivity contribution in [3.63, 3.8) is 0 Å². The van der Waals surface area contributed by atoms with Crippen LogP contribution in [0.3, 0.4) is 0 Å². The summed E-state index contributed by atoms with van der Waals surface area (Å²) in [4.78, 5) is 0. The fourth-order valence-corrected chi connectivity index (χ4v) is 3.63. The van der Waals surface area contributed by atoms with Crippen LogP contribution < -0.4 is 10.5 Å². The topological polar surface area (TPSA) is 75.4 Å². The van der Waals surface area contributed by atoms with Gasteiger partial charge in [0.25, 0.3) is 10.2 Å². The van der Waals surface area contributed by atoms with Crippen LogP contribution in [0.2, 0.25) is 0 Å². The molecule has 2 aliphatic rings. The SMILES string of the molecule is CCCC1(N)CN(S(=O)(=O)NC2CC2)C1. The Morgan fingerprint density at radius 3 is 2.53 bits per heavy atom. The molecule has 0 radical (unpaired) electrons. The summed E-state index contributed by atoms with van der Waals surface area (Å²) in [5, 5.41) is 0. The van der Waals surface area contributed by atoms with Crippen molar-refractivity contribution >= 4 is 10.2 Å². The first-order valence-corrected chi connectivity index (χ1v) is 6.95. The minimum atomic E-state index is -3.25. The van der Waals surface area contributed by atoms with Crippen molar-refractivity contribution in [2.45, 2.75) is 44.2 Å². The average molecular weight is 233 g/mol. The molecule has 0 amide bonds. The molecule has 0 aromatic heterocycles. The van der Waals surface area contributed by atoms with Gasteiger partial charge in [0.05, 0.1) is 0 Å². The van der Waals surface area contributed by atoms with Gasteiger partial charge in [0.15, 0.2) is 0 Å². The molecule has 0 aromatic carbocycles. The summed E-state index contributed by atoms with van der Waals surface area (Å²) in [5.74, 6) is 0. The Labute approximate surface area is 91.2 Å². The Morgan fingerprint density at radius 1 is 1.47 bits per heavy atom. The number of hydrogen-bond acceptors (Lipinski definition) is 3. The zero-order chi connectivity index (χ0) is 11.1. The van der Waals surface area contributed by atoms with Gasteiger partial charge >= 0.3 is 0 Å². The van der Waals surface area contributed by atoms with Crippen molar-refractivity contribution in [1.29, 1.82) is 0 Å². The molecular formula is C9H19N3O2S. The van der Waals surface area contributed by atoms with Crippen LogP contribution in [-0.4, -0.2) is 37.4 Å². The van der Waals surface area contributed by atoms with Crippen molar-refractivity contribution in [1.82, 2.24) is 9.03 Å². The zero-order valence-corrected chi connectivity index (χ0v) is 9.89. The molecule has 2 rings (SSSR count). The van der Waals surface area contributed by atoms with Crippen molar-refractivity contribution in [2.24, 2.45) is 5.73 Å². The van der Waals surface area contributed by atoms with E-state index in [1.165, 1.54) is 4.31 Å².